The van der Waals surface area contributed by atoms with E-state index in [0.29, 0.717) is 11.6 Å². The summed E-state index contributed by atoms with van der Waals surface area (Å²) in [5.74, 6) is -0.391. The van der Waals surface area contributed by atoms with Crippen LogP contribution in [0.15, 0.2) is 18.2 Å². The molecule has 1 aromatic rings. The predicted octanol–water partition coefficient (Wildman–Crippen LogP) is 2.42. The number of benzene rings is 1. The average Bonchev–Trinajstić information content (AvgIpc) is 2.76. The van der Waals surface area contributed by atoms with Gasteiger partial charge in [-0.1, -0.05) is 11.6 Å². The Morgan fingerprint density at radius 1 is 1.47 bits per heavy atom. The number of halogens is 1. The molecule has 0 bridgehead atoms. The van der Waals surface area contributed by atoms with Crippen LogP contribution in [-0.4, -0.2) is 39.2 Å². The third-order valence-corrected chi connectivity index (χ3v) is 3.75. The highest BCUT2D eigenvalue weighted by atomic mass is 35.5. The van der Waals surface area contributed by atoms with E-state index in [9.17, 15) is 15.0 Å². The fraction of sp³-hybridized carbons (Fsp3) is 0.500. The lowest BCUT2D eigenvalue weighted by molar-refractivity contribution is 0.000224. The van der Waals surface area contributed by atoms with E-state index in [-0.39, 0.29) is 23.3 Å². The molecule has 1 aliphatic heterocycles. The standard InChI is InChI=1S/C14H18ClNO3/c1-14(2,19)12-4-3-7-16(12)13(18)10-6-5-9(15)8-11(10)17/h5-6,8,12,17,19H,3-4,7H2,1-2H3/t12-/m1/s1. The number of phenolic OH excluding ortho intramolecular Hbond substituents is 1. The first-order valence-corrected chi connectivity index (χ1v) is 6.70. The molecule has 1 saturated heterocycles. The largest absolute Gasteiger partial charge is 0.507 e. The Labute approximate surface area is 117 Å². The Morgan fingerprint density at radius 3 is 2.74 bits per heavy atom. The average molecular weight is 284 g/mol. The molecule has 19 heavy (non-hydrogen) atoms. The van der Waals surface area contributed by atoms with Gasteiger partial charge < -0.3 is 15.1 Å². The highest BCUT2D eigenvalue weighted by Gasteiger charge is 2.39. The molecule has 5 heteroatoms. The smallest absolute Gasteiger partial charge is 0.257 e. The number of carbonyl (C=O) groups is 1. The normalized spacial score (nSPS) is 19.8. The van der Waals surface area contributed by atoms with E-state index in [1.807, 2.05) is 0 Å². The second-order valence-electron chi connectivity index (χ2n) is 5.47. The number of nitrogens with zero attached hydrogens (tertiary/aromatic N) is 1. The Hall–Kier alpha value is -1.26. The van der Waals surface area contributed by atoms with Crippen LogP contribution in [0.3, 0.4) is 0 Å². The maximum atomic E-state index is 12.4. The van der Waals surface area contributed by atoms with Crippen molar-refractivity contribution in [2.75, 3.05) is 6.54 Å². The molecule has 104 valence electrons. The maximum absolute atomic E-state index is 12.4. The van der Waals surface area contributed by atoms with E-state index in [4.69, 9.17) is 11.6 Å². The van der Waals surface area contributed by atoms with Crippen molar-refractivity contribution in [2.24, 2.45) is 0 Å². The van der Waals surface area contributed by atoms with Crippen molar-refractivity contribution >= 4 is 17.5 Å². The molecule has 1 amide bonds. The van der Waals surface area contributed by atoms with Gasteiger partial charge >= 0.3 is 0 Å². The van der Waals surface area contributed by atoms with Gasteiger partial charge in [0.15, 0.2) is 0 Å². The minimum absolute atomic E-state index is 0.126. The van der Waals surface area contributed by atoms with E-state index in [1.54, 1.807) is 24.8 Å². The van der Waals surface area contributed by atoms with E-state index in [0.717, 1.165) is 12.8 Å². The van der Waals surface area contributed by atoms with E-state index >= 15 is 0 Å². The van der Waals surface area contributed by atoms with Crippen LogP contribution in [0.5, 0.6) is 5.75 Å². The third kappa shape index (κ3) is 2.85. The summed E-state index contributed by atoms with van der Waals surface area (Å²) in [6.45, 7) is 3.99. The molecule has 0 aromatic heterocycles. The number of hydrogen-bond donors (Lipinski definition) is 2. The molecule has 4 nitrogen and oxygen atoms in total. The minimum Gasteiger partial charge on any atom is -0.507 e. The van der Waals surface area contributed by atoms with E-state index in [2.05, 4.69) is 0 Å². The molecule has 0 radical (unpaired) electrons. The zero-order chi connectivity index (χ0) is 14.2. The van der Waals surface area contributed by atoms with Crippen LogP contribution in [0.4, 0.5) is 0 Å². The van der Waals surface area contributed by atoms with Crippen molar-refractivity contribution in [3.63, 3.8) is 0 Å². The fourth-order valence-corrected chi connectivity index (χ4v) is 2.75. The lowest BCUT2D eigenvalue weighted by Gasteiger charge is -2.34. The predicted molar refractivity (Wildman–Crippen MR) is 73.5 cm³/mol. The monoisotopic (exact) mass is 283 g/mol. The van der Waals surface area contributed by atoms with Crippen LogP contribution in [0.25, 0.3) is 0 Å². The number of amides is 1. The van der Waals surface area contributed by atoms with Crippen LogP contribution in [0.2, 0.25) is 5.02 Å². The second-order valence-corrected chi connectivity index (χ2v) is 5.91. The molecular weight excluding hydrogens is 266 g/mol. The molecular formula is C14H18ClNO3. The molecule has 2 N–H and O–H groups in total. The van der Waals surface area contributed by atoms with E-state index < -0.39 is 5.60 Å². The van der Waals surface area contributed by atoms with Crippen LogP contribution in [0, 0.1) is 0 Å². The van der Waals surface area contributed by atoms with Gasteiger partial charge in [0.1, 0.15) is 5.75 Å². The van der Waals surface area contributed by atoms with Gasteiger partial charge in [-0.3, -0.25) is 4.79 Å². The van der Waals surface area contributed by atoms with Crippen molar-refractivity contribution < 1.29 is 15.0 Å². The molecule has 1 fully saturated rings. The van der Waals surface area contributed by atoms with Gasteiger partial charge in [-0.05, 0) is 44.9 Å². The van der Waals surface area contributed by atoms with Crippen molar-refractivity contribution in [1.29, 1.82) is 0 Å². The summed E-state index contributed by atoms with van der Waals surface area (Å²) < 4.78 is 0. The molecule has 1 aliphatic rings. The first-order chi connectivity index (χ1) is 8.80. The number of carbonyl (C=O) groups excluding carboxylic acids is 1. The first-order valence-electron chi connectivity index (χ1n) is 6.32. The summed E-state index contributed by atoms with van der Waals surface area (Å²) in [6.07, 6.45) is 1.62. The molecule has 1 atom stereocenters. The Kier molecular flexibility index (Phi) is 3.74. The maximum Gasteiger partial charge on any atom is 0.257 e. The summed E-state index contributed by atoms with van der Waals surface area (Å²) in [6, 6.07) is 4.21. The lowest BCUT2D eigenvalue weighted by atomic mass is 9.96. The number of aromatic hydroxyl groups is 1. The molecule has 0 unspecified atom stereocenters. The number of aliphatic hydroxyl groups is 1. The second kappa shape index (κ2) is 5.02. The van der Waals surface area contributed by atoms with Crippen molar-refractivity contribution in [3.05, 3.63) is 28.8 Å². The van der Waals surface area contributed by atoms with Gasteiger partial charge in [-0.15, -0.1) is 0 Å². The van der Waals surface area contributed by atoms with Crippen molar-refractivity contribution in [3.8, 4) is 5.75 Å². The third-order valence-electron chi connectivity index (χ3n) is 3.52. The summed E-state index contributed by atoms with van der Waals surface area (Å²) >= 11 is 5.76. The Morgan fingerprint density at radius 2 is 2.16 bits per heavy atom. The quantitative estimate of drug-likeness (QED) is 0.876. The zero-order valence-electron chi connectivity index (χ0n) is 11.1. The first kappa shape index (κ1) is 14.2. The van der Waals surface area contributed by atoms with E-state index in [1.165, 1.54) is 12.1 Å². The van der Waals surface area contributed by atoms with Gasteiger partial charge in [0.25, 0.3) is 5.91 Å². The van der Waals surface area contributed by atoms with Crippen LogP contribution in [-0.2, 0) is 0 Å². The number of rotatable bonds is 2. The fourth-order valence-electron chi connectivity index (χ4n) is 2.58. The van der Waals surface area contributed by atoms with Gasteiger partial charge in [-0.25, -0.2) is 0 Å². The topological polar surface area (TPSA) is 60.8 Å². The van der Waals surface area contributed by atoms with Gasteiger partial charge in [0.05, 0.1) is 17.2 Å². The summed E-state index contributed by atoms with van der Waals surface area (Å²) in [5.41, 5.74) is -0.727. The Balaban J connectivity index is 2.28. The van der Waals surface area contributed by atoms with Crippen molar-refractivity contribution in [1.82, 2.24) is 4.90 Å². The molecule has 0 saturated carbocycles. The van der Waals surface area contributed by atoms with Gasteiger partial charge in [0, 0.05) is 11.6 Å². The van der Waals surface area contributed by atoms with Gasteiger partial charge in [0.2, 0.25) is 0 Å². The number of phenols is 1. The highest BCUT2D eigenvalue weighted by molar-refractivity contribution is 6.30. The summed E-state index contributed by atoms with van der Waals surface area (Å²) in [4.78, 5) is 14.1. The Bertz CT molecular complexity index is 496. The zero-order valence-corrected chi connectivity index (χ0v) is 11.8. The SMILES string of the molecule is CC(C)(O)[C@H]1CCCN1C(=O)c1ccc(Cl)cc1O. The summed E-state index contributed by atoms with van der Waals surface area (Å²) in [7, 11) is 0. The number of hydrogen-bond acceptors (Lipinski definition) is 3. The molecule has 0 aliphatic carbocycles. The highest BCUT2D eigenvalue weighted by Crippen LogP contribution is 2.30. The van der Waals surface area contributed by atoms with Crippen LogP contribution >= 0.6 is 11.6 Å². The van der Waals surface area contributed by atoms with Crippen molar-refractivity contribution in [2.45, 2.75) is 38.3 Å². The molecule has 1 heterocycles. The lowest BCUT2D eigenvalue weighted by Crippen LogP contribution is -2.48. The minimum atomic E-state index is -0.950. The molecule has 0 spiro atoms. The van der Waals surface area contributed by atoms with Crippen LogP contribution in [0.1, 0.15) is 37.0 Å². The molecule has 2 rings (SSSR count). The van der Waals surface area contributed by atoms with Crippen LogP contribution < -0.4 is 0 Å². The molecule has 1 aromatic carbocycles. The number of likely N-dealkylation sites (tertiary alicyclic amines) is 1. The van der Waals surface area contributed by atoms with Gasteiger partial charge in [-0.2, -0.15) is 0 Å². The summed E-state index contributed by atoms with van der Waals surface area (Å²) in [5, 5.41) is 20.3.